The number of carbonyl (C=O) groups is 1. The Bertz CT molecular complexity index is 127. The van der Waals surface area contributed by atoms with Crippen molar-refractivity contribution in [2.75, 3.05) is 13.2 Å². The van der Waals surface area contributed by atoms with Gasteiger partial charge in [0.25, 0.3) is 0 Å². The molecule has 0 aromatic heterocycles. The molecule has 0 spiro atoms. The van der Waals surface area contributed by atoms with Gasteiger partial charge in [-0.2, -0.15) is 0 Å². The molecule has 0 radical (unpaired) electrons. The average molecular weight is 175 g/mol. The van der Waals surface area contributed by atoms with E-state index >= 15 is 0 Å². The summed E-state index contributed by atoms with van der Waals surface area (Å²) < 4.78 is 5.01. The molecule has 0 saturated heterocycles. The smallest absolute Gasteiger partial charge is 0.332 e. The van der Waals surface area contributed by atoms with Crippen LogP contribution in [0.5, 0.6) is 0 Å². The first kappa shape index (κ1) is 11.4. The van der Waals surface area contributed by atoms with Crippen molar-refractivity contribution in [1.82, 2.24) is 0 Å². The standard InChI is InChI=1S/C8H17NO3/c1-7(8(10)11)12-6-4-2-3-5-9/h7H,2-6,9H2,1H3,(H,10,11). The predicted octanol–water partition coefficient (Wildman–Crippen LogP) is 0.605. The summed E-state index contributed by atoms with van der Waals surface area (Å²) in [4.78, 5) is 10.3. The zero-order chi connectivity index (χ0) is 9.40. The number of ether oxygens (including phenoxy) is 1. The van der Waals surface area contributed by atoms with Crippen LogP contribution in [-0.4, -0.2) is 30.3 Å². The Kier molecular flexibility index (Phi) is 6.70. The molecule has 0 saturated carbocycles. The summed E-state index contributed by atoms with van der Waals surface area (Å²) in [5, 5.41) is 8.44. The number of hydrogen-bond acceptors (Lipinski definition) is 3. The monoisotopic (exact) mass is 175 g/mol. The minimum atomic E-state index is -0.908. The second-order valence-corrected chi connectivity index (χ2v) is 2.70. The lowest BCUT2D eigenvalue weighted by molar-refractivity contribution is -0.149. The van der Waals surface area contributed by atoms with Gasteiger partial charge in [-0.25, -0.2) is 4.79 Å². The highest BCUT2D eigenvalue weighted by Gasteiger charge is 2.09. The van der Waals surface area contributed by atoms with Crippen molar-refractivity contribution in [2.24, 2.45) is 5.73 Å². The van der Waals surface area contributed by atoms with Crippen LogP contribution in [0.25, 0.3) is 0 Å². The molecule has 0 fully saturated rings. The zero-order valence-corrected chi connectivity index (χ0v) is 7.45. The third kappa shape index (κ3) is 6.12. The van der Waals surface area contributed by atoms with Gasteiger partial charge in [0.2, 0.25) is 0 Å². The Balaban J connectivity index is 3.14. The quantitative estimate of drug-likeness (QED) is 0.556. The van der Waals surface area contributed by atoms with E-state index in [4.69, 9.17) is 15.6 Å². The second kappa shape index (κ2) is 7.06. The molecule has 1 atom stereocenters. The fraction of sp³-hybridized carbons (Fsp3) is 0.875. The Morgan fingerprint density at radius 3 is 2.67 bits per heavy atom. The number of hydrogen-bond donors (Lipinski definition) is 2. The van der Waals surface area contributed by atoms with Gasteiger partial charge in [0, 0.05) is 6.61 Å². The number of carboxylic acids is 1. The summed E-state index contributed by atoms with van der Waals surface area (Å²) in [7, 11) is 0. The van der Waals surface area contributed by atoms with Crippen molar-refractivity contribution in [1.29, 1.82) is 0 Å². The molecule has 1 unspecified atom stereocenters. The fourth-order valence-electron chi connectivity index (χ4n) is 0.755. The normalized spacial score (nSPS) is 12.8. The molecule has 0 heterocycles. The van der Waals surface area contributed by atoms with E-state index in [1.807, 2.05) is 0 Å². The summed E-state index contributed by atoms with van der Waals surface area (Å²) >= 11 is 0. The lowest BCUT2D eigenvalue weighted by Crippen LogP contribution is -2.20. The highest BCUT2D eigenvalue weighted by atomic mass is 16.5. The highest BCUT2D eigenvalue weighted by Crippen LogP contribution is 1.97. The summed E-state index contributed by atoms with van der Waals surface area (Å²) in [6, 6.07) is 0. The number of rotatable bonds is 7. The molecule has 3 N–H and O–H groups in total. The van der Waals surface area contributed by atoms with Crippen molar-refractivity contribution in [3.63, 3.8) is 0 Å². The predicted molar refractivity (Wildman–Crippen MR) is 46.0 cm³/mol. The largest absolute Gasteiger partial charge is 0.479 e. The molecule has 0 aliphatic rings. The van der Waals surface area contributed by atoms with Gasteiger partial charge in [0.15, 0.2) is 6.10 Å². The number of nitrogens with two attached hydrogens (primary N) is 1. The molecule has 0 aliphatic carbocycles. The molecule has 0 aromatic carbocycles. The Morgan fingerprint density at radius 1 is 1.50 bits per heavy atom. The summed E-state index contributed by atoms with van der Waals surface area (Å²) in [6.07, 6.45) is 2.17. The topological polar surface area (TPSA) is 72.5 Å². The number of aliphatic carboxylic acids is 1. The van der Waals surface area contributed by atoms with Gasteiger partial charge in [-0.3, -0.25) is 0 Å². The third-order valence-electron chi connectivity index (χ3n) is 1.56. The van der Waals surface area contributed by atoms with Crippen LogP contribution in [0.15, 0.2) is 0 Å². The first-order chi connectivity index (χ1) is 5.68. The molecule has 0 bridgehead atoms. The lowest BCUT2D eigenvalue weighted by Gasteiger charge is -2.07. The van der Waals surface area contributed by atoms with Crippen LogP contribution in [0, 0.1) is 0 Å². The van der Waals surface area contributed by atoms with Gasteiger partial charge in [-0.1, -0.05) is 0 Å². The van der Waals surface area contributed by atoms with Crippen molar-refractivity contribution in [2.45, 2.75) is 32.3 Å². The van der Waals surface area contributed by atoms with Crippen LogP contribution in [0.2, 0.25) is 0 Å². The molecular formula is C8H17NO3. The number of carboxylic acid groups (broad SMARTS) is 1. The van der Waals surface area contributed by atoms with Crippen LogP contribution in [0.4, 0.5) is 0 Å². The van der Waals surface area contributed by atoms with Crippen molar-refractivity contribution < 1.29 is 14.6 Å². The Hall–Kier alpha value is -0.610. The van der Waals surface area contributed by atoms with E-state index in [0.29, 0.717) is 13.2 Å². The Morgan fingerprint density at radius 2 is 2.17 bits per heavy atom. The summed E-state index contributed by atoms with van der Waals surface area (Å²) in [6.45, 7) is 2.73. The second-order valence-electron chi connectivity index (χ2n) is 2.70. The fourth-order valence-corrected chi connectivity index (χ4v) is 0.755. The SMILES string of the molecule is CC(OCCCCCN)C(=O)O. The molecule has 4 heteroatoms. The molecule has 0 aliphatic heterocycles. The van der Waals surface area contributed by atoms with Crippen LogP contribution < -0.4 is 5.73 Å². The van der Waals surface area contributed by atoms with Gasteiger partial charge < -0.3 is 15.6 Å². The minimum absolute atomic E-state index is 0.507. The first-order valence-corrected chi connectivity index (χ1v) is 4.23. The van der Waals surface area contributed by atoms with E-state index in [1.165, 1.54) is 6.92 Å². The van der Waals surface area contributed by atoms with E-state index in [9.17, 15) is 4.79 Å². The molecular weight excluding hydrogens is 158 g/mol. The van der Waals surface area contributed by atoms with Gasteiger partial charge in [-0.05, 0) is 32.7 Å². The molecule has 0 amide bonds. The van der Waals surface area contributed by atoms with E-state index in [-0.39, 0.29) is 0 Å². The van der Waals surface area contributed by atoms with Crippen molar-refractivity contribution in [3.8, 4) is 0 Å². The van der Waals surface area contributed by atoms with Crippen LogP contribution >= 0.6 is 0 Å². The number of unbranched alkanes of at least 4 members (excludes halogenated alkanes) is 2. The van der Waals surface area contributed by atoms with E-state index in [2.05, 4.69) is 0 Å². The van der Waals surface area contributed by atoms with Crippen LogP contribution in [-0.2, 0) is 9.53 Å². The van der Waals surface area contributed by atoms with Gasteiger partial charge in [0.05, 0.1) is 0 Å². The van der Waals surface area contributed by atoms with Gasteiger partial charge in [-0.15, -0.1) is 0 Å². The van der Waals surface area contributed by atoms with E-state index in [0.717, 1.165) is 19.3 Å². The van der Waals surface area contributed by atoms with Gasteiger partial charge in [0.1, 0.15) is 0 Å². The highest BCUT2D eigenvalue weighted by molar-refractivity contribution is 5.71. The maximum absolute atomic E-state index is 10.3. The van der Waals surface area contributed by atoms with E-state index < -0.39 is 12.1 Å². The summed E-state index contributed by atoms with van der Waals surface area (Å²) in [5.74, 6) is -0.908. The first-order valence-electron chi connectivity index (χ1n) is 4.23. The lowest BCUT2D eigenvalue weighted by atomic mass is 10.2. The maximum Gasteiger partial charge on any atom is 0.332 e. The van der Waals surface area contributed by atoms with Crippen molar-refractivity contribution in [3.05, 3.63) is 0 Å². The van der Waals surface area contributed by atoms with Crippen LogP contribution in [0.3, 0.4) is 0 Å². The molecule has 72 valence electrons. The molecule has 0 rings (SSSR count). The summed E-state index contributed by atoms with van der Waals surface area (Å²) in [5.41, 5.74) is 5.28. The molecule has 4 nitrogen and oxygen atoms in total. The van der Waals surface area contributed by atoms with E-state index in [1.54, 1.807) is 0 Å². The van der Waals surface area contributed by atoms with Gasteiger partial charge >= 0.3 is 5.97 Å². The molecule has 0 aromatic rings. The average Bonchev–Trinajstić information content (AvgIpc) is 2.03. The third-order valence-corrected chi connectivity index (χ3v) is 1.56. The zero-order valence-electron chi connectivity index (χ0n) is 7.45. The molecule has 12 heavy (non-hydrogen) atoms. The van der Waals surface area contributed by atoms with Crippen LogP contribution in [0.1, 0.15) is 26.2 Å². The van der Waals surface area contributed by atoms with Crippen molar-refractivity contribution >= 4 is 5.97 Å². The minimum Gasteiger partial charge on any atom is -0.479 e. The Labute approximate surface area is 72.7 Å². The maximum atomic E-state index is 10.3.